The van der Waals surface area contributed by atoms with Crippen molar-refractivity contribution in [3.8, 4) is 11.5 Å². The third-order valence-electron chi connectivity index (χ3n) is 5.22. The van der Waals surface area contributed by atoms with Gasteiger partial charge in [-0.1, -0.05) is 31.2 Å². The van der Waals surface area contributed by atoms with Gasteiger partial charge in [0.05, 0.1) is 13.2 Å². The fraction of sp³-hybridized carbons (Fsp3) is 0.435. The Balaban J connectivity index is 1.65. The maximum atomic E-state index is 12.7. The second-order valence-electron chi connectivity index (χ2n) is 7.14. The normalized spacial score (nSPS) is 15.4. The lowest BCUT2D eigenvalue weighted by Crippen LogP contribution is -2.38. The van der Waals surface area contributed by atoms with Crippen LogP contribution in [0.25, 0.3) is 0 Å². The number of ether oxygens (including phenoxy) is 2. The number of carbonyl (C=O) groups is 1. The summed E-state index contributed by atoms with van der Waals surface area (Å²) >= 11 is 0. The molecular weight excluding hydrogens is 338 g/mol. The fourth-order valence-corrected chi connectivity index (χ4v) is 3.61. The van der Waals surface area contributed by atoms with E-state index < -0.39 is 6.10 Å². The first-order chi connectivity index (χ1) is 13.1. The monoisotopic (exact) mass is 367 g/mol. The summed E-state index contributed by atoms with van der Waals surface area (Å²) in [5.41, 5.74) is 4.08. The highest BCUT2D eigenvalue weighted by Crippen LogP contribution is 2.26. The van der Waals surface area contributed by atoms with Crippen molar-refractivity contribution in [3.63, 3.8) is 0 Å². The van der Waals surface area contributed by atoms with Crippen LogP contribution in [0.5, 0.6) is 11.5 Å². The zero-order chi connectivity index (χ0) is 19.2. The standard InChI is InChI=1S/C23H29NO3/c1-4-22(19-13-12-17-8-5-6-9-18(17)14-19)24-23(25)16(2)27-21-11-7-10-20(15-21)26-3/h7,10-16,22H,4-6,8-9H2,1-3H3,(H,24,25)/t16-,22+/m0/s1. The van der Waals surface area contributed by atoms with Gasteiger partial charge in [0.15, 0.2) is 6.10 Å². The van der Waals surface area contributed by atoms with Gasteiger partial charge in [0, 0.05) is 6.07 Å². The Kier molecular flexibility index (Phi) is 6.38. The van der Waals surface area contributed by atoms with Gasteiger partial charge in [-0.05, 0) is 67.9 Å². The summed E-state index contributed by atoms with van der Waals surface area (Å²) in [4.78, 5) is 12.7. The fourth-order valence-electron chi connectivity index (χ4n) is 3.61. The van der Waals surface area contributed by atoms with Gasteiger partial charge in [0.2, 0.25) is 0 Å². The number of carbonyl (C=O) groups excluding carboxylic acids is 1. The summed E-state index contributed by atoms with van der Waals surface area (Å²) in [7, 11) is 1.61. The van der Waals surface area contributed by atoms with E-state index in [1.54, 1.807) is 20.1 Å². The Morgan fingerprint density at radius 2 is 1.81 bits per heavy atom. The van der Waals surface area contributed by atoms with Gasteiger partial charge in [-0.15, -0.1) is 0 Å². The largest absolute Gasteiger partial charge is 0.497 e. The number of rotatable bonds is 7. The van der Waals surface area contributed by atoms with E-state index in [4.69, 9.17) is 9.47 Å². The zero-order valence-corrected chi connectivity index (χ0v) is 16.5. The van der Waals surface area contributed by atoms with Crippen molar-refractivity contribution in [2.75, 3.05) is 7.11 Å². The van der Waals surface area contributed by atoms with Crippen molar-refractivity contribution in [2.24, 2.45) is 0 Å². The molecule has 2 aromatic carbocycles. The molecule has 4 nitrogen and oxygen atoms in total. The van der Waals surface area contributed by atoms with Crippen LogP contribution in [-0.4, -0.2) is 19.1 Å². The van der Waals surface area contributed by atoms with Crippen LogP contribution in [0, 0.1) is 0 Å². The van der Waals surface area contributed by atoms with Gasteiger partial charge < -0.3 is 14.8 Å². The number of methoxy groups -OCH3 is 1. The summed E-state index contributed by atoms with van der Waals surface area (Å²) in [5.74, 6) is 1.22. The molecule has 0 bridgehead atoms. The Labute approximate surface area is 161 Å². The van der Waals surface area contributed by atoms with E-state index in [1.807, 2.05) is 18.2 Å². The molecule has 1 aliphatic carbocycles. The molecule has 0 heterocycles. The first-order valence-corrected chi connectivity index (χ1v) is 9.83. The van der Waals surface area contributed by atoms with E-state index in [9.17, 15) is 4.79 Å². The topological polar surface area (TPSA) is 47.6 Å². The highest BCUT2D eigenvalue weighted by atomic mass is 16.5. The summed E-state index contributed by atoms with van der Waals surface area (Å²) in [6.07, 6.45) is 5.11. The minimum atomic E-state index is -0.580. The van der Waals surface area contributed by atoms with Crippen LogP contribution >= 0.6 is 0 Å². The molecule has 1 aliphatic rings. The molecule has 0 aliphatic heterocycles. The number of hydrogen-bond acceptors (Lipinski definition) is 3. The van der Waals surface area contributed by atoms with Crippen molar-refractivity contribution in [2.45, 2.75) is 58.1 Å². The van der Waals surface area contributed by atoms with Crippen molar-refractivity contribution in [1.82, 2.24) is 5.32 Å². The smallest absolute Gasteiger partial charge is 0.261 e. The summed E-state index contributed by atoms with van der Waals surface area (Å²) in [5, 5.41) is 3.14. The first kappa shape index (κ1) is 19.3. The van der Waals surface area contributed by atoms with Gasteiger partial charge >= 0.3 is 0 Å². The van der Waals surface area contributed by atoms with Gasteiger partial charge in [0.1, 0.15) is 11.5 Å². The molecule has 0 saturated heterocycles. The molecule has 3 rings (SSSR count). The number of fused-ring (bicyclic) bond motifs is 1. The Hall–Kier alpha value is -2.49. The number of nitrogens with one attached hydrogen (secondary N) is 1. The first-order valence-electron chi connectivity index (χ1n) is 9.83. The second-order valence-corrected chi connectivity index (χ2v) is 7.14. The van der Waals surface area contributed by atoms with Crippen LogP contribution in [0.15, 0.2) is 42.5 Å². The predicted octanol–water partition coefficient (Wildman–Crippen LogP) is 4.61. The molecule has 0 radical (unpaired) electrons. The lowest BCUT2D eigenvalue weighted by atomic mass is 9.89. The van der Waals surface area contributed by atoms with Gasteiger partial charge in [-0.25, -0.2) is 0 Å². The van der Waals surface area contributed by atoms with Gasteiger partial charge in [-0.3, -0.25) is 4.79 Å². The van der Waals surface area contributed by atoms with Crippen LogP contribution in [0.4, 0.5) is 0 Å². The molecule has 27 heavy (non-hydrogen) atoms. The molecule has 4 heteroatoms. The quantitative estimate of drug-likeness (QED) is 0.777. The molecule has 0 saturated carbocycles. The Bertz CT molecular complexity index is 787. The molecule has 0 aromatic heterocycles. The van der Waals surface area contributed by atoms with Crippen LogP contribution < -0.4 is 14.8 Å². The van der Waals surface area contributed by atoms with Crippen LogP contribution in [0.2, 0.25) is 0 Å². The zero-order valence-electron chi connectivity index (χ0n) is 16.5. The van der Waals surface area contributed by atoms with Crippen LogP contribution in [0.1, 0.15) is 55.8 Å². The third-order valence-corrected chi connectivity index (χ3v) is 5.22. The number of aryl methyl sites for hydroxylation is 2. The molecule has 2 aromatic rings. The molecule has 0 unspecified atom stereocenters. The average Bonchev–Trinajstić information content (AvgIpc) is 2.71. The average molecular weight is 367 g/mol. The summed E-state index contributed by atoms with van der Waals surface area (Å²) < 4.78 is 11.0. The van der Waals surface area contributed by atoms with E-state index in [1.165, 1.54) is 36.0 Å². The third kappa shape index (κ3) is 4.82. The highest BCUT2D eigenvalue weighted by molar-refractivity contribution is 5.81. The number of benzene rings is 2. The lowest BCUT2D eigenvalue weighted by Gasteiger charge is -2.23. The van der Waals surface area contributed by atoms with Crippen molar-refractivity contribution in [3.05, 3.63) is 59.2 Å². The van der Waals surface area contributed by atoms with E-state index in [2.05, 4.69) is 30.4 Å². The van der Waals surface area contributed by atoms with Gasteiger partial charge in [0.25, 0.3) is 5.91 Å². The molecule has 0 spiro atoms. The number of amides is 1. The minimum absolute atomic E-state index is 0.00101. The second kappa shape index (κ2) is 8.94. The molecule has 1 amide bonds. The van der Waals surface area contributed by atoms with Crippen molar-refractivity contribution in [1.29, 1.82) is 0 Å². The molecular formula is C23H29NO3. The molecule has 2 atom stereocenters. The summed E-state index contributed by atoms with van der Waals surface area (Å²) in [6.45, 7) is 3.87. The van der Waals surface area contributed by atoms with Crippen LogP contribution in [-0.2, 0) is 17.6 Å². The predicted molar refractivity (Wildman–Crippen MR) is 107 cm³/mol. The van der Waals surface area contributed by atoms with Crippen molar-refractivity contribution >= 4 is 5.91 Å². The Morgan fingerprint density at radius 1 is 1.07 bits per heavy atom. The minimum Gasteiger partial charge on any atom is -0.497 e. The lowest BCUT2D eigenvalue weighted by molar-refractivity contribution is -0.128. The molecule has 144 valence electrons. The van der Waals surface area contributed by atoms with E-state index in [0.717, 1.165) is 12.8 Å². The van der Waals surface area contributed by atoms with Crippen molar-refractivity contribution < 1.29 is 14.3 Å². The molecule has 1 N–H and O–H groups in total. The highest BCUT2D eigenvalue weighted by Gasteiger charge is 2.20. The summed E-state index contributed by atoms with van der Waals surface area (Å²) in [6, 6.07) is 14.0. The Morgan fingerprint density at radius 3 is 2.56 bits per heavy atom. The van der Waals surface area contributed by atoms with E-state index in [-0.39, 0.29) is 11.9 Å². The number of hydrogen-bond donors (Lipinski definition) is 1. The maximum Gasteiger partial charge on any atom is 0.261 e. The molecule has 0 fully saturated rings. The van der Waals surface area contributed by atoms with Gasteiger partial charge in [-0.2, -0.15) is 0 Å². The van der Waals surface area contributed by atoms with E-state index in [0.29, 0.717) is 11.5 Å². The van der Waals surface area contributed by atoms with E-state index >= 15 is 0 Å². The SMILES string of the molecule is CC[C@@H](NC(=O)[C@H](C)Oc1cccc(OC)c1)c1ccc2c(c1)CCCC2. The maximum absolute atomic E-state index is 12.7. The van der Waals surface area contributed by atoms with Crippen LogP contribution in [0.3, 0.4) is 0 Å².